The van der Waals surface area contributed by atoms with Crippen LogP contribution in [0.4, 0.5) is 0 Å². The molecule has 0 saturated carbocycles. The minimum absolute atomic E-state index is 0.612. The summed E-state index contributed by atoms with van der Waals surface area (Å²) in [6.45, 7) is 3.86. The summed E-state index contributed by atoms with van der Waals surface area (Å²) in [5.41, 5.74) is 0.963. The molecule has 0 aliphatic rings. The number of nitrogens with zero attached hydrogens (tertiary/aromatic N) is 4. The maximum absolute atomic E-state index is 4.26. The molecule has 0 aliphatic carbocycles. The Balaban J connectivity index is 2.53. The minimum Gasteiger partial charge on any atom is -0.272 e. The maximum Gasteiger partial charge on any atom is 0.235 e. The summed E-state index contributed by atoms with van der Waals surface area (Å²) in [5.74, 6) is 1.50. The van der Waals surface area contributed by atoms with E-state index >= 15 is 0 Å². The van der Waals surface area contributed by atoms with Gasteiger partial charge < -0.3 is 0 Å². The summed E-state index contributed by atoms with van der Waals surface area (Å²) < 4.78 is 1.84. The zero-order chi connectivity index (χ0) is 9.26. The van der Waals surface area contributed by atoms with Crippen LogP contribution in [0.25, 0.3) is 5.95 Å². The Bertz CT molecular complexity index is 405. The maximum atomic E-state index is 4.26. The quantitative estimate of drug-likeness (QED) is 0.648. The van der Waals surface area contributed by atoms with E-state index in [-0.39, 0.29) is 0 Å². The number of rotatable bonds is 1. The third-order valence-corrected chi connectivity index (χ3v) is 1.72. The van der Waals surface area contributed by atoms with E-state index in [2.05, 4.69) is 21.1 Å². The lowest BCUT2D eigenvalue weighted by Crippen LogP contribution is -2.00. The second-order valence-corrected chi connectivity index (χ2v) is 2.79. The van der Waals surface area contributed by atoms with Crippen molar-refractivity contribution in [2.75, 3.05) is 0 Å². The second-order valence-electron chi connectivity index (χ2n) is 2.79. The van der Waals surface area contributed by atoms with Crippen molar-refractivity contribution in [2.45, 2.75) is 13.8 Å². The Morgan fingerprint density at radius 2 is 2.23 bits per heavy atom. The van der Waals surface area contributed by atoms with Crippen LogP contribution in [0, 0.1) is 20.0 Å². The van der Waals surface area contributed by atoms with Gasteiger partial charge in [0.25, 0.3) is 0 Å². The van der Waals surface area contributed by atoms with Crippen molar-refractivity contribution < 1.29 is 0 Å². The Morgan fingerprint density at radius 1 is 1.38 bits per heavy atom. The molecule has 0 amide bonds. The lowest BCUT2D eigenvalue weighted by Gasteiger charge is -1.99. The van der Waals surface area contributed by atoms with Crippen molar-refractivity contribution >= 4 is 0 Å². The third kappa shape index (κ3) is 1.42. The van der Waals surface area contributed by atoms with Crippen LogP contribution in [0.5, 0.6) is 0 Å². The summed E-state index contributed by atoms with van der Waals surface area (Å²) in [6.07, 6.45) is 6.30. The van der Waals surface area contributed by atoms with Gasteiger partial charge in [-0.05, 0) is 19.9 Å². The molecule has 2 aromatic heterocycles. The van der Waals surface area contributed by atoms with Crippen LogP contribution in [0.1, 0.15) is 11.5 Å². The zero-order valence-corrected chi connectivity index (χ0v) is 7.52. The van der Waals surface area contributed by atoms with Gasteiger partial charge in [-0.25, -0.2) is 15.0 Å². The number of aryl methyl sites for hydroxylation is 2. The van der Waals surface area contributed by atoms with Crippen molar-refractivity contribution in [1.29, 1.82) is 0 Å². The first-order valence-electron chi connectivity index (χ1n) is 3.99. The number of aromatic nitrogens is 4. The molecule has 0 aromatic carbocycles. The van der Waals surface area contributed by atoms with Gasteiger partial charge in [-0.15, -0.1) is 0 Å². The van der Waals surface area contributed by atoms with E-state index in [1.54, 1.807) is 12.3 Å². The fourth-order valence-corrected chi connectivity index (χ4v) is 1.20. The summed E-state index contributed by atoms with van der Waals surface area (Å²) >= 11 is 0. The van der Waals surface area contributed by atoms with E-state index in [9.17, 15) is 0 Å². The van der Waals surface area contributed by atoms with Crippen molar-refractivity contribution in [3.8, 4) is 5.95 Å². The van der Waals surface area contributed by atoms with Gasteiger partial charge in [-0.2, -0.15) is 0 Å². The molecule has 0 N–H and O–H groups in total. The van der Waals surface area contributed by atoms with E-state index in [0.717, 1.165) is 11.5 Å². The number of hydrogen-bond donors (Lipinski definition) is 0. The molecule has 0 aliphatic heterocycles. The molecule has 1 radical (unpaired) electrons. The van der Waals surface area contributed by atoms with Crippen LogP contribution in [-0.2, 0) is 0 Å². The highest BCUT2D eigenvalue weighted by Crippen LogP contribution is 2.05. The highest BCUT2D eigenvalue weighted by Gasteiger charge is 2.03. The first-order valence-corrected chi connectivity index (χ1v) is 3.99. The average Bonchev–Trinajstić information content (AvgIpc) is 2.47. The Hall–Kier alpha value is -1.71. The molecule has 0 saturated heterocycles. The van der Waals surface area contributed by atoms with E-state index in [0.29, 0.717) is 5.95 Å². The number of hydrogen-bond acceptors (Lipinski definition) is 3. The van der Waals surface area contributed by atoms with Gasteiger partial charge in [-0.1, -0.05) is 0 Å². The fourth-order valence-electron chi connectivity index (χ4n) is 1.20. The Labute approximate surface area is 76.3 Å². The second kappa shape index (κ2) is 2.97. The smallest absolute Gasteiger partial charge is 0.235 e. The average molecular weight is 173 g/mol. The van der Waals surface area contributed by atoms with Crippen molar-refractivity contribution in [3.05, 3.63) is 36.2 Å². The van der Waals surface area contributed by atoms with Gasteiger partial charge in [0.2, 0.25) is 5.95 Å². The molecular weight excluding hydrogens is 164 g/mol. The highest BCUT2D eigenvalue weighted by molar-refractivity contribution is 5.16. The number of imidazole rings is 1. The van der Waals surface area contributed by atoms with Gasteiger partial charge in [-0.3, -0.25) is 4.57 Å². The molecule has 0 fully saturated rings. The van der Waals surface area contributed by atoms with Gasteiger partial charge in [0.15, 0.2) is 0 Å². The SMILES string of the molecule is Cc1cn(-c2n[c]ccn2)c(C)n1. The standard InChI is InChI=1S/C9H9N4/c1-7-6-13(8(2)12-7)9-10-4-3-5-11-9/h3-4,6H,1-2H3. The van der Waals surface area contributed by atoms with Crippen LogP contribution in [-0.4, -0.2) is 19.5 Å². The van der Waals surface area contributed by atoms with Crippen LogP contribution >= 0.6 is 0 Å². The predicted molar refractivity (Wildman–Crippen MR) is 47.5 cm³/mol. The molecule has 65 valence electrons. The molecule has 4 heteroatoms. The summed E-state index contributed by atoms with van der Waals surface area (Å²) in [6, 6.07) is 1.67. The molecule has 4 nitrogen and oxygen atoms in total. The van der Waals surface area contributed by atoms with Gasteiger partial charge in [0.1, 0.15) is 5.82 Å². The lowest BCUT2D eigenvalue weighted by molar-refractivity contribution is 0.880. The zero-order valence-electron chi connectivity index (χ0n) is 7.52. The fraction of sp³-hybridized carbons (Fsp3) is 0.222. The molecule has 2 heterocycles. The topological polar surface area (TPSA) is 43.6 Å². The first kappa shape index (κ1) is 7.91. The van der Waals surface area contributed by atoms with Crippen molar-refractivity contribution in [1.82, 2.24) is 19.5 Å². The van der Waals surface area contributed by atoms with Gasteiger partial charge in [0, 0.05) is 12.4 Å². The molecule has 2 rings (SSSR count). The normalized spacial score (nSPS) is 10.3. The molecule has 13 heavy (non-hydrogen) atoms. The van der Waals surface area contributed by atoms with E-state index in [4.69, 9.17) is 0 Å². The summed E-state index contributed by atoms with van der Waals surface area (Å²) in [5, 5.41) is 0. The van der Waals surface area contributed by atoms with Crippen LogP contribution in [0.2, 0.25) is 0 Å². The van der Waals surface area contributed by atoms with Crippen molar-refractivity contribution in [3.63, 3.8) is 0 Å². The Morgan fingerprint density at radius 3 is 2.77 bits per heavy atom. The monoisotopic (exact) mass is 173 g/mol. The molecular formula is C9H9N4. The van der Waals surface area contributed by atoms with Gasteiger partial charge in [0.05, 0.1) is 11.9 Å². The lowest BCUT2D eigenvalue weighted by atomic mass is 10.6. The predicted octanol–water partition coefficient (Wildman–Crippen LogP) is 1.08. The minimum atomic E-state index is 0.612. The van der Waals surface area contributed by atoms with E-state index in [1.165, 1.54) is 0 Å². The molecule has 0 atom stereocenters. The van der Waals surface area contributed by atoms with Crippen LogP contribution in [0.3, 0.4) is 0 Å². The molecule has 0 bridgehead atoms. The first-order chi connectivity index (χ1) is 6.27. The Kier molecular flexibility index (Phi) is 1.81. The van der Waals surface area contributed by atoms with Crippen LogP contribution < -0.4 is 0 Å². The van der Waals surface area contributed by atoms with Crippen LogP contribution in [0.15, 0.2) is 18.5 Å². The molecule has 0 unspecified atom stereocenters. The molecule has 2 aromatic rings. The summed E-state index contributed by atoms with van der Waals surface area (Å²) in [7, 11) is 0. The van der Waals surface area contributed by atoms with E-state index in [1.807, 2.05) is 24.6 Å². The van der Waals surface area contributed by atoms with Crippen molar-refractivity contribution in [2.24, 2.45) is 0 Å². The third-order valence-electron chi connectivity index (χ3n) is 1.72. The molecule has 0 spiro atoms. The highest BCUT2D eigenvalue weighted by atomic mass is 15.2. The largest absolute Gasteiger partial charge is 0.272 e. The summed E-state index contributed by atoms with van der Waals surface area (Å²) in [4.78, 5) is 12.4. The van der Waals surface area contributed by atoms with E-state index < -0.39 is 0 Å². The van der Waals surface area contributed by atoms with Gasteiger partial charge >= 0.3 is 0 Å².